The smallest absolute Gasteiger partial charge is 0.303 e. The minimum Gasteiger partial charge on any atom is -0.481 e. The van der Waals surface area contributed by atoms with Crippen molar-refractivity contribution in [2.24, 2.45) is 0 Å². The summed E-state index contributed by atoms with van der Waals surface area (Å²) in [5.74, 6) is -0.652. The zero-order valence-corrected chi connectivity index (χ0v) is 15.4. The molecule has 0 saturated heterocycles. The van der Waals surface area contributed by atoms with Crippen molar-refractivity contribution in [1.29, 1.82) is 0 Å². The average Bonchev–Trinajstić information content (AvgIpc) is 2.46. The normalized spacial score (nSPS) is 10.4. The molecule has 0 heterocycles. The topological polar surface area (TPSA) is 37.3 Å². The number of carboxylic acids is 1. The number of hydrogen-bond acceptors (Lipinski definition) is 1. The zero-order chi connectivity index (χ0) is 15.6. The molecule has 0 unspecified atom stereocenters. The van der Waals surface area contributed by atoms with Crippen LogP contribution in [0.2, 0.25) is 0 Å². The first-order valence-corrected chi connectivity index (χ1v) is 9.49. The van der Waals surface area contributed by atoms with Gasteiger partial charge in [0.2, 0.25) is 0 Å². The van der Waals surface area contributed by atoms with Crippen LogP contribution in [0.3, 0.4) is 0 Å². The van der Waals surface area contributed by atoms with Crippen LogP contribution in [0, 0.1) is 0 Å². The van der Waals surface area contributed by atoms with Gasteiger partial charge in [-0.05, 0) is 6.42 Å². The van der Waals surface area contributed by atoms with Crippen LogP contribution >= 0.6 is 0 Å². The van der Waals surface area contributed by atoms with Crippen molar-refractivity contribution >= 4 is 24.8 Å². The predicted octanol–water partition coefficient (Wildman–Crippen LogP) is 6.34. The molecule has 127 valence electrons. The van der Waals surface area contributed by atoms with Crippen molar-refractivity contribution in [2.45, 2.75) is 116 Å². The van der Waals surface area contributed by atoms with Crippen LogP contribution in [0.5, 0.6) is 0 Å². The van der Waals surface area contributed by atoms with Crippen LogP contribution in [0.25, 0.3) is 0 Å². The number of aliphatic carboxylic acids is 1. The Morgan fingerprint density at radius 1 is 0.591 bits per heavy atom. The Balaban J connectivity index is 0. The maximum atomic E-state index is 10.3. The second kappa shape index (κ2) is 21.1. The van der Waals surface area contributed by atoms with Gasteiger partial charge in [0.05, 0.1) is 0 Å². The first-order chi connectivity index (χ1) is 10.3. The van der Waals surface area contributed by atoms with Crippen molar-refractivity contribution in [2.75, 3.05) is 0 Å². The minimum absolute atomic E-state index is 0. The third-order valence-electron chi connectivity index (χ3n) is 4.24. The summed E-state index contributed by atoms with van der Waals surface area (Å²) in [6, 6.07) is 0. The Labute approximate surface area is 151 Å². The molecule has 0 bridgehead atoms. The van der Waals surface area contributed by atoms with E-state index in [-0.39, 0.29) is 18.9 Å². The van der Waals surface area contributed by atoms with Crippen LogP contribution in [-0.4, -0.2) is 29.9 Å². The molecule has 2 nitrogen and oxygen atoms in total. The Hall–Kier alpha value is 0.0674. The molecule has 1 N–H and O–H groups in total. The quantitative estimate of drug-likeness (QED) is 0.251. The molecule has 0 aromatic rings. The van der Waals surface area contributed by atoms with E-state index in [9.17, 15) is 4.79 Å². The molecule has 3 heteroatoms. The number of carboxylic acid groups (broad SMARTS) is 1. The Morgan fingerprint density at radius 3 is 1.14 bits per heavy atom. The van der Waals surface area contributed by atoms with Gasteiger partial charge >= 0.3 is 5.97 Å². The molecular formula is C19H38LiO2. The third kappa shape index (κ3) is 22.4. The Kier molecular flexibility index (Phi) is 23.3. The summed E-state index contributed by atoms with van der Waals surface area (Å²) >= 11 is 0. The van der Waals surface area contributed by atoms with E-state index in [0.717, 1.165) is 12.8 Å². The van der Waals surface area contributed by atoms with Crippen molar-refractivity contribution in [3.63, 3.8) is 0 Å². The molecule has 0 spiro atoms. The number of unbranched alkanes of at least 4 members (excludes halogenated alkanes) is 15. The van der Waals surface area contributed by atoms with Gasteiger partial charge in [0.1, 0.15) is 0 Å². The van der Waals surface area contributed by atoms with E-state index >= 15 is 0 Å². The van der Waals surface area contributed by atoms with Crippen LogP contribution < -0.4 is 0 Å². The largest absolute Gasteiger partial charge is 0.481 e. The van der Waals surface area contributed by atoms with Crippen molar-refractivity contribution in [3.8, 4) is 0 Å². The van der Waals surface area contributed by atoms with Crippen molar-refractivity contribution in [3.05, 3.63) is 0 Å². The Morgan fingerprint density at radius 2 is 0.864 bits per heavy atom. The summed E-state index contributed by atoms with van der Waals surface area (Å²) in [7, 11) is 0. The van der Waals surface area contributed by atoms with E-state index in [1.165, 1.54) is 89.9 Å². The van der Waals surface area contributed by atoms with Gasteiger partial charge in [0, 0.05) is 25.3 Å². The van der Waals surface area contributed by atoms with Crippen molar-refractivity contribution in [1.82, 2.24) is 0 Å². The van der Waals surface area contributed by atoms with E-state index in [1.54, 1.807) is 0 Å². The molecule has 0 aromatic heterocycles. The van der Waals surface area contributed by atoms with Gasteiger partial charge in [-0.2, -0.15) is 0 Å². The van der Waals surface area contributed by atoms with Crippen LogP contribution in [0.1, 0.15) is 116 Å². The number of carbonyl (C=O) groups is 1. The average molecular weight is 305 g/mol. The van der Waals surface area contributed by atoms with E-state index in [2.05, 4.69) is 6.92 Å². The van der Waals surface area contributed by atoms with Crippen molar-refractivity contribution < 1.29 is 9.90 Å². The van der Waals surface area contributed by atoms with Gasteiger partial charge in [-0.3, -0.25) is 4.79 Å². The second-order valence-corrected chi connectivity index (χ2v) is 6.45. The van der Waals surface area contributed by atoms with Gasteiger partial charge in [-0.1, -0.05) is 103 Å². The van der Waals surface area contributed by atoms with E-state index in [1.807, 2.05) is 0 Å². The van der Waals surface area contributed by atoms with Gasteiger partial charge in [-0.15, -0.1) is 0 Å². The molecule has 0 fully saturated rings. The zero-order valence-electron chi connectivity index (χ0n) is 15.4. The van der Waals surface area contributed by atoms with Crippen LogP contribution in [-0.2, 0) is 4.79 Å². The summed E-state index contributed by atoms with van der Waals surface area (Å²) in [5.41, 5.74) is 0. The summed E-state index contributed by atoms with van der Waals surface area (Å²) in [6.07, 6.45) is 21.7. The molecule has 0 aliphatic heterocycles. The fraction of sp³-hybridized carbons (Fsp3) is 0.947. The maximum absolute atomic E-state index is 10.3. The maximum Gasteiger partial charge on any atom is 0.303 e. The fourth-order valence-corrected chi connectivity index (χ4v) is 2.82. The number of rotatable bonds is 17. The molecule has 0 amide bonds. The summed E-state index contributed by atoms with van der Waals surface area (Å²) in [5, 5.41) is 8.53. The monoisotopic (exact) mass is 305 g/mol. The molecular weight excluding hydrogens is 267 g/mol. The first kappa shape index (κ1) is 24.3. The fourth-order valence-electron chi connectivity index (χ4n) is 2.82. The number of hydrogen-bond donors (Lipinski definition) is 1. The standard InChI is InChI=1S/C19H38O2.Li/c1-2-3-4-5-6-7-8-9-10-11-12-13-14-15-16-17-18-19(20)21;/h2-18H2,1H3,(H,20,21);. The Bertz CT molecular complexity index is 219. The van der Waals surface area contributed by atoms with Crippen LogP contribution in [0.4, 0.5) is 0 Å². The molecule has 0 saturated carbocycles. The first-order valence-electron chi connectivity index (χ1n) is 9.49. The molecule has 1 radical (unpaired) electrons. The van der Waals surface area contributed by atoms with Gasteiger partial charge in [-0.25, -0.2) is 0 Å². The second-order valence-electron chi connectivity index (χ2n) is 6.45. The molecule has 0 aromatic carbocycles. The van der Waals surface area contributed by atoms with E-state index < -0.39 is 5.97 Å². The summed E-state index contributed by atoms with van der Waals surface area (Å²) in [4.78, 5) is 10.3. The predicted molar refractivity (Wildman–Crippen MR) is 97.6 cm³/mol. The molecule has 22 heavy (non-hydrogen) atoms. The molecule has 0 rings (SSSR count). The van der Waals surface area contributed by atoms with E-state index in [4.69, 9.17) is 5.11 Å². The van der Waals surface area contributed by atoms with Gasteiger partial charge in [0.15, 0.2) is 0 Å². The molecule has 0 aliphatic carbocycles. The minimum atomic E-state index is -0.652. The van der Waals surface area contributed by atoms with E-state index in [0.29, 0.717) is 6.42 Å². The van der Waals surface area contributed by atoms with Gasteiger partial charge < -0.3 is 5.11 Å². The SMILES string of the molecule is CCCCCCCCCCCCCCCCCCC(=O)O.[Li]. The van der Waals surface area contributed by atoms with Crippen LogP contribution in [0.15, 0.2) is 0 Å². The van der Waals surface area contributed by atoms with Gasteiger partial charge in [0.25, 0.3) is 0 Å². The molecule has 0 atom stereocenters. The summed E-state index contributed by atoms with van der Waals surface area (Å²) < 4.78 is 0. The third-order valence-corrected chi connectivity index (χ3v) is 4.24. The summed E-state index contributed by atoms with van der Waals surface area (Å²) in [6.45, 7) is 2.27. The molecule has 0 aliphatic rings.